The van der Waals surface area contributed by atoms with Crippen molar-refractivity contribution in [3.63, 3.8) is 0 Å². The summed E-state index contributed by atoms with van der Waals surface area (Å²) < 4.78 is 4.90. The van der Waals surface area contributed by atoms with Crippen molar-refractivity contribution < 1.29 is 9.32 Å². The van der Waals surface area contributed by atoms with Gasteiger partial charge in [0, 0.05) is 18.5 Å². The fourth-order valence-electron chi connectivity index (χ4n) is 1.43. The third-order valence-electron chi connectivity index (χ3n) is 2.33. The molecule has 0 bridgehead atoms. The molecule has 2 rings (SSSR count). The predicted molar refractivity (Wildman–Crippen MR) is 71.8 cm³/mol. The zero-order valence-corrected chi connectivity index (χ0v) is 11.5. The maximum absolute atomic E-state index is 12.1. The third kappa shape index (κ3) is 3.78. The van der Waals surface area contributed by atoms with Gasteiger partial charge in [0.2, 0.25) is 5.91 Å². The molecule has 2 aromatic rings. The summed E-state index contributed by atoms with van der Waals surface area (Å²) in [7, 11) is 0. The summed E-state index contributed by atoms with van der Waals surface area (Å²) >= 11 is 1.33. The van der Waals surface area contributed by atoms with E-state index < -0.39 is 0 Å². The minimum atomic E-state index is -0.264. The summed E-state index contributed by atoms with van der Waals surface area (Å²) in [6.07, 6.45) is 3.98. The van der Waals surface area contributed by atoms with Crippen LogP contribution in [0.2, 0.25) is 0 Å². The number of nitrogens with one attached hydrogen (secondary N) is 1. The largest absolute Gasteiger partial charge is 0.360 e. The van der Waals surface area contributed by atoms with Gasteiger partial charge in [-0.1, -0.05) is 23.8 Å². The average Bonchev–Trinajstić information content (AvgIpc) is 2.82. The number of carbonyl (C=O) groups excluding carboxylic acids is 1. The number of hydrogen-bond acceptors (Lipinski definition) is 6. The van der Waals surface area contributed by atoms with E-state index in [9.17, 15) is 4.79 Å². The zero-order valence-electron chi connectivity index (χ0n) is 10.7. The van der Waals surface area contributed by atoms with Crippen LogP contribution in [0.3, 0.4) is 0 Å². The molecule has 0 aliphatic carbocycles. The van der Waals surface area contributed by atoms with Crippen LogP contribution in [0.5, 0.6) is 0 Å². The second-order valence-corrected chi connectivity index (χ2v) is 5.03. The number of aryl methyl sites for hydroxylation is 1. The molecule has 0 fully saturated rings. The molecule has 6 nitrogen and oxygen atoms in total. The van der Waals surface area contributed by atoms with Crippen LogP contribution in [0, 0.1) is 6.92 Å². The summed E-state index contributed by atoms with van der Waals surface area (Å²) in [5.41, 5.74) is 0. The topological polar surface area (TPSA) is 80.9 Å². The molecule has 0 spiro atoms. The molecule has 0 aromatic carbocycles. The van der Waals surface area contributed by atoms with Gasteiger partial charge in [-0.05, 0) is 19.4 Å². The van der Waals surface area contributed by atoms with Crippen LogP contribution < -0.4 is 5.32 Å². The molecule has 1 amide bonds. The summed E-state index contributed by atoms with van der Waals surface area (Å²) in [6, 6.07) is 3.41. The summed E-state index contributed by atoms with van der Waals surface area (Å²) in [4.78, 5) is 20.3. The Labute approximate surface area is 115 Å². The van der Waals surface area contributed by atoms with Crippen molar-refractivity contribution in [3.05, 3.63) is 30.3 Å². The maximum atomic E-state index is 12.1. The number of aromatic nitrogens is 3. The van der Waals surface area contributed by atoms with E-state index in [-0.39, 0.29) is 11.2 Å². The second kappa shape index (κ2) is 6.33. The molecule has 0 saturated carbocycles. The number of anilines is 1. The highest BCUT2D eigenvalue weighted by Gasteiger charge is 2.20. The molecular formula is C12H14N4O2S. The number of carbonyl (C=O) groups is 1. The van der Waals surface area contributed by atoms with Crippen molar-refractivity contribution in [2.24, 2.45) is 0 Å². The van der Waals surface area contributed by atoms with Gasteiger partial charge < -0.3 is 9.84 Å². The SMILES string of the molecule is CC[C@H](Sc1ncccn1)C(=O)Nc1cc(C)on1. The van der Waals surface area contributed by atoms with E-state index in [1.54, 1.807) is 31.5 Å². The van der Waals surface area contributed by atoms with Gasteiger partial charge in [-0.15, -0.1) is 0 Å². The lowest BCUT2D eigenvalue weighted by Crippen LogP contribution is -2.24. The molecule has 2 heterocycles. The molecule has 0 unspecified atom stereocenters. The highest BCUT2D eigenvalue weighted by molar-refractivity contribution is 8.00. The van der Waals surface area contributed by atoms with Crippen LogP contribution in [-0.2, 0) is 4.79 Å². The van der Waals surface area contributed by atoms with Crippen molar-refractivity contribution in [1.82, 2.24) is 15.1 Å². The van der Waals surface area contributed by atoms with Gasteiger partial charge in [0.15, 0.2) is 11.0 Å². The van der Waals surface area contributed by atoms with Gasteiger partial charge >= 0.3 is 0 Å². The van der Waals surface area contributed by atoms with Crippen LogP contribution in [0.1, 0.15) is 19.1 Å². The Morgan fingerprint density at radius 2 is 2.21 bits per heavy atom. The Balaban J connectivity index is 1.99. The zero-order chi connectivity index (χ0) is 13.7. The summed E-state index contributed by atoms with van der Waals surface area (Å²) in [6.45, 7) is 3.71. The summed E-state index contributed by atoms with van der Waals surface area (Å²) in [5, 5.41) is 6.77. The van der Waals surface area contributed by atoms with E-state index in [0.717, 1.165) is 0 Å². The number of hydrogen-bond donors (Lipinski definition) is 1. The highest BCUT2D eigenvalue weighted by atomic mass is 32.2. The van der Waals surface area contributed by atoms with E-state index in [1.807, 2.05) is 6.92 Å². The number of thioether (sulfide) groups is 1. The van der Waals surface area contributed by atoms with E-state index >= 15 is 0 Å². The molecule has 7 heteroatoms. The average molecular weight is 278 g/mol. The Hall–Kier alpha value is -1.89. The maximum Gasteiger partial charge on any atom is 0.239 e. The van der Waals surface area contributed by atoms with Crippen molar-refractivity contribution in [2.75, 3.05) is 5.32 Å². The molecule has 1 N–H and O–H groups in total. The first kappa shape index (κ1) is 13.5. The Bertz CT molecular complexity index is 544. The van der Waals surface area contributed by atoms with Crippen LogP contribution in [-0.4, -0.2) is 26.3 Å². The number of rotatable bonds is 5. The van der Waals surface area contributed by atoms with Crippen LogP contribution in [0.15, 0.2) is 34.2 Å². The lowest BCUT2D eigenvalue weighted by atomic mass is 10.3. The smallest absolute Gasteiger partial charge is 0.239 e. The number of nitrogens with zero attached hydrogens (tertiary/aromatic N) is 3. The molecule has 2 aromatic heterocycles. The minimum Gasteiger partial charge on any atom is -0.360 e. The van der Waals surface area contributed by atoms with E-state index in [2.05, 4.69) is 20.4 Å². The predicted octanol–water partition coefficient (Wildman–Crippen LogP) is 2.28. The van der Waals surface area contributed by atoms with E-state index in [0.29, 0.717) is 23.2 Å². The standard InChI is InChI=1S/C12H14N4O2S/c1-3-9(19-12-13-5-4-6-14-12)11(17)15-10-7-8(2)18-16-10/h4-7,9H,3H2,1-2H3,(H,15,16,17)/t9-/m0/s1. The monoisotopic (exact) mass is 278 g/mol. The molecule has 100 valence electrons. The van der Waals surface area contributed by atoms with Gasteiger partial charge in [-0.3, -0.25) is 4.79 Å². The van der Waals surface area contributed by atoms with Gasteiger partial charge in [-0.2, -0.15) is 0 Å². The molecule has 0 aliphatic rings. The van der Waals surface area contributed by atoms with Crippen molar-refractivity contribution in [1.29, 1.82) is 0 Å². The summed E-state index contributed by atoms with van der Waals surface area (Å²) in [5.74, 6) is 0.950. The Kier molecular flexibility index (Phi) is 4.51. The quantitative estimate of drug-likeness (QED) is 0.667. The van der Waals surface area contributed by atoms with Gasteiger partial charge in [-0.25, -0.2) is 9.97 Å². The Morgan fingerprint density at radius 1 is 1.47 bits per heavy atom. The van der Waals surface area contributed by atoms with E-state index in [1.165, 1.54) is 11.8 Å². The fraction of sp³-hybridized carbons (Fsp3) is 0.333. The van der Waals surface area contributed by atoms with Gasteiger partial charge in [0.1, 0.15) is 5.76 Å². The Morgan fingerprint density at radius 3 is 2.79 bits per heavy atom. The minimum absolute atomic E-state index is 0.131. The van der Waals surface area contributed by atoms with Gasteiger partial charge in [0.25, 0.3) is 0 Å². The molecular weight excluding hydrogens is 264 g/mol. The molecule has 19 heavy (non-hydrogen) atoms. The third-order valence-corrected chi connectivity index (χ3v) is 3.59. The lowest BCUT2D eigenvalue weighted by Gasteiger charge is -2.11. The first-order valence-electron chi connectivity index (χ1n) is 5.87. The van der Waals surface area contributed by atoms with Gasteiger partial charge in [0.05, 0.1) is 5.25 Å². The highest BCUT2D eigenvalue weighted by Crippen LogP contribution is 2.22. The van der Waals surface area contributed by atoms with Crippen molar-refractivity contribution in [2.45, 2.75) is 30.7 Å². The second-order valence-electron chi connectivity index (χ2n) is 3.86. The van der Waals surface area contributed by atoms with Crippen LogP contribution in [0.25, 0.3) is 0 Å². The molecule has 0 saturated heterocycles. The van der Waals surface area contributed by atoms with Crippen LogP contribution in [0.4, 0.5) is 5.82 Å². The molecule has 0 aliphatic heterocycles. The van der Waals surface area contributed by atoms with E-state index in [4.69, 9.17) is 4.52 Å². The molecule has 1 atom stereocenters. The lowest BCUT2D eigenvalue weighted by molar-refractivity contribution is -0.115. The van der Waals surface area contributed by atoms with Crippen LogP contribution >= 0.6 is 11.8 Å². The first-order chi connectivity index (χ1) is 9.19. The fourth-order valence-corrected chi connectivity index (χ4v) is 2.26. The van der Waals surface area contributed by atoms with Crippen molar-refractivity contribution >= 4 is 23.5 Å². The van der Waals surface area contributed by atoms with Crippen molar-refractivity contribution in [3.8, 4) is 0 Å². The molecule has 0 radical (unpaired) electrons. The first-order valence-corrected chi connectivity index (χ1v) is 6.75. The normalized spacial score (nSPS) is 12.1. The number of amides is 1.